The first kappa shape index (κ1) is 18.0. The summed E-state index contributed by atoms with van der Waals surface area (Å²) in [7, 11) is 0. The minimum absolute atomic E-state index is 0.448. The molecular weight excluding hydrogens is 350 g/mol. The Morgan fingerprint density at radius 2 is 1.52 bits per heavy atom. The molecule has 0 saturated heterocycles. The zero-order valence-corrected chi connectivity index (χ0v) is 15.3. The number of halogens is 1. The quantitative estimate of drug-likeness (QED) is 0.635. The van der Waals surface area contributed by atoms with E-state index < -0.39 is 12.1 Å². The van der Waals surface area contributed by atoms with Crippen LogP contribution in [0, 0.1) is 0 Å². The van der Waals surface area contributed by atoms with Gasteiger partial charge in [-0.3, -0.25) is 0 Å². The van der Waals surface area contributed by atoms with Gasteiger partial charge >= 0.3 is 0 Å². The molecule has 0 aliphatic rings. The van der Waals surface area contributed by atoms with Crippen molar-refractivity contribution in [1.29, 1.82) is 0 Å². The molecule has 3 aromatic rings. The number of aliphatic hydroxyl groups is 1. The lowest BCUT2D eigenvalue weighted by Gasteiger charge is -2.22. The normalized spacial score (nSPS) is 13.4. The van der Waals surface area contributed by atoms with E-state index in [0.717, 1.165) is 20.9 Å². The number of aliphatic hydroxyl groups excluding tert-OH is 1. The van der Waals surface area contributed by atoms with Crippen LogP contribution in [0.1, 0.15) is 17.2 Å². The summed E-state index contributed by atoms with van der Waals surface area (Å²) in [6, 6.07) is 25.1. The largest absolute Gasteiger partial charge is 0.391 e. The Kier molecular flexibility index (Phi) is 6.16. The van der Waals surface area contributed by atoms with Gasteiger partial charge in [-0.2, -0.15) is 0 Å². The summed E-state index contributed by atoms with van der Waals surface area (Å²) < 4.78 is 0. The lowest BCUT2D eigenvalue weighted by molar-refractivity contribution is 0.144. The fourth-order valence-corrected chi connectivity index (χ4v) is 3.79. The first-order valence-corrected chi connectivity index (χ1v) is 9.33. The summed E-state index contributed by atoms with van der Waals surface area (Å²) in [6.07, 6.45) is -0.114. The highest BCUT2D eigenvalue weighted by molar-refractivity contribution is 7.99. The van der Waals surface area contributed by atoms with Crippen LogP contribution in [0.4, 0.5) is 0 Å². The molecule has 0 radical (unpaired) electrons. The maximum atomic E-state index is 10.6. The summed E-state index contributed by atoms with van der Waals surface area (Å²) in [5, 5.41) is 11.3. The average Bonchev–Trinajstić information content (AvgIpc) is 2.64. The van der Waals surface area contributed by atoms with E-state index in [1.807, 2.05) is 78.9 Å². The van der Waals surface area contributed by atoms with Crippen LogP contribution >= 0.6 is 23.4 Å². The van der Waals surface area contributed by atoms with Crippen molar-refractivity contribution in [3.05, 3.63) is 95.0 Å². The molecule has 25 heavy (non-hydrogen) atoms. The number of hydrogen-bond donors (Lipinski definition) is 2. The Morgan fingerprint density at radius 1 is 0.880 bits per heavy atom. The van der Waals surface area contributed by atoms with Gasteiger partial charge in [0.1, 0.15) is 0 Å². The van der Waals surface area contributed by atoms with E-state index in [0.29, 0.717) is 11.4 Å². The Hall–Kier alpha value is -1.78. The topological polar surface area (TPSA) is 46.2 Å². The summed E-state index contributed by atoms with van der Waals surface area (Å²) in [5.41, 5.74) is 8.41. The second-order valence-electron chi connectivity index (χ2n) is 5.88. The van der Waals surface area contributed by atoms with E-state index in [4.69, 9.17) is 17.3 Å². The molecule has 0 aliphatic carbocycles. The summed E-state index contributed by atoms with van der Waals surface area (Å²) >= 11 is 7.58. The molecule has 4 heteroatoms. The molecule has 0 aromatic heterocycles. The molecule has 0 amide bonds. The van der Waals surface area contributed by atoms with Crippen molar-refractivity contribution < 1.29 is 5.11 Å². The molecule has 128 valence electrons. The molecule has 0 unspecified atom stereocenters. The second kappa shape index (κ2) is 8.54. The molecule has 2 atom stereocenters. The summed E-state index contributed by atoms with van der Waals surface area (Å²) in [4.78, 5) is 2.13. The standard InChI is InChI=1S/C21H20ClNOS/c22-16-10-12-17(13-11-16)25-20-9-5-4-8-18(20)21(23)19(24)14-15-6-2-1-3-7-15/h1-13,19,21,24H,14,23H2/t19-,21+/m1/s1. The molecule has 0 fully saturated rings. The van der Waals surface area contributed by atoms with Gasteiger partial charge in [-0.05, 0) is 41.5 Å². The van der Waals surface area contributed by atoms with Crippen LogP contribution in [-0.2, 0) is 6.42 Å². The van der Waals surface area contributed by atoms with Gasteiger partial charge in [0.2, 0.25) is 0 Å². The SMILES string of the molecule is N[C@@H](c1ccccc1Sc1ccc(Cl)cc1)[C@H](O)Cc1ccccc1. The third-order valence-electron chi connectivity index (χ3n) is 4.02. The zero-order valence-electron chi connectivity index (χ0n) is 13.7. The van der Waals surface area contributed by atoms with Crippen molar-refractivity contribution in [1.82, 2.24) is 0 Å². The highest BCUT2D eigenvalue weighted by Gasteiger charge is 2.20. The van der Waals surface area contributed by atoms with Crippen LogP contribution in [-0.4, -0.2) is 11.2 Å². The molecule has 0 spiro atoms. The van der Waals surface area contributed by atoms with Crippen molar-refractivity contribution in [2.45, 2.75) is 28.4 Å². The van der Waals surface area contributed by atoms with Gasteiger partial charge in [-0.25, -0.2) is 0 Å². The molecule has 0 aliphatic heterocycles. The van der Waals surface area contributed by atoms with Crippen LogP contribution in [0.5, 0.6) is 0 Å². The van der Waals surface area contributed by atoms with Gasteiger partial charge in [0.05, 0.1) is 12.1 Å². The van der Waals surface area contributed by atoms with E-state index in [-0.39, 0.29) is 0 Å². The average molecular weight is 370 g/mol. The van der Waals surface area contributed by atoms with Crippen molar-refractivity contribution in [3.63, 3.8) is 0 Å². The lowest BCUT2D eigenvalue weighted by atomic mass is 9.97. The van der Waals surface area contributed by atoms with Crippen LogP contribution in [0.15, 0.2) is 88.7 Å². The summed E-state index contributed by atoms with van der Waals surface area (Å²) in [5.74, 6) is 0. The molecule has 0 saturated carbocycles. The van der Waals surface area contributed by atoms with E-state index in [1.165, 1.54) is 0 Å². The van der Waals surface area contributed by atoms with Gasteiger partial charge in [-0.15, -0.1) is 0 Å². The molecule has 3 N–H and O–H groups in total. The maximum Gasteiger partial charge on any atom is 0.0773 e. The van der Waals surface area contributed by atoms with Crippen molar-refractivity contribution in [2.24, 2.45) is 5.73 Å². The Labute approximate surface area is 157 Å². The smallest absolute Gasteiger partial charge is 0.0773 e. The van der Waals surface area contributed by atoms with Crippen molar-refractivity contribution in [3.8, 4) is 0 Å². The highest BCUT2D eigenvalue weighted by atomic mass is 35.5. The monoisotopic (exact) mass is 369 g/mol. The lowest BCUT2D eigenvalue weighted by Crippen LogP contribution is -2.28. The Balaban J connectivity index is 1.78. The highest BCUT2D eigenvalue weighted by Crippen LogP contribution is 2.34. The van der Waals surface area contributed by atoms with E-state index in [9.17, 15) is 5.11 Å². The second-order valence-corrected chi connectivity index (χ2v) is 7.43. The number of nitrogens with two attached hydrogens (primary N) is 1. The van der Waals surface area contributed by atoms with Crippen LogP contribution in [0.3, 0.4) is 0 Å². The van der Waals surface area contributed by atoms with Gasteiger partial charge in [0, 0.05) is 21.2 Å². The van der Waals surface area contributed by atoms with E-state index >= 15 is 0 Å². The van der Waals surface area contributed by atoms with Gasteiger partial charge in [0.15, 0.2) is 0 Å². The van der Waals surface area contributed by atoms with Crippen LogP contribution in [0.25, 0.3) is 0 Å². The molecule has 3 aromatic carbocycles. The van der Waals surface area contributed by atoms with Crippen molar-refractivity contribution in [2.75, 3.05) is 0 Å². The minimum atomic E-state index is -0.644. The maximum absolute atomic E-state index is 10.6. The molecule has 3 rings (SSSR count). The fourth-order valence-electron chi connectivity index (χ4n) is 2.67. The third-order valence-corrected chi connectivity index (χ3v) is 5.37. The molecular formula is C21H20ClNOS. The predicted octanol–water partition coefficient (Wildman–Crippen LogP) is 5.09. The Bertz CT molecular complexity index is 808. The predicted molar refractivity (Wildman–Crippen MR) is 105 cm³/mol. The Morgan fingerprint density at radius 3 is 2.24 bits per heavy atom. The molecule has 0 bridgehead atoms. The van der Waals surface area contributed by atoms with E-state index in [1.54, 1.807) is 11.8 Å². The number of rotatable bonds is 6. The van der Waals surface area contributed by atoms with Gasteiger partial charge in [0.25, 0.3) is 0 Å². The molecule has 0 heterocycles. The third kappa shape index (κ3) is 4.86. The number of benzene rings is 3. The molecule has 2 nitrogen and oxygen atoms in total. The first-order valence-electron chi connectivity index (χ1n) is 8.13. The minimum Gasteiger partial charge on any atom is -0.391 e. The van der Waals surface area contributed by atoms with E-state index in [2.05, 4.69) is 0 Å². The first-order chi connectivity index (χ1) is 12.1. The van der Waals surface area contributed by atoms with Crippen molar-refractivity contribution >= 4 is 23.4 Å². The van der Waals surface area contributed by atoms with Gasteiger partial charge in [-0.1, -0.05) is 71.9 Å². The van der Waals surface area contributed by atoms with Crippen LogP contribution in [0.2, 0.25) is 5.02 Å². The fraction of sp³-hybridized carbons (Fsp3) is 0.143. The number of hydrogen-bond acceptors (Lipinski definition) is 3. The van der Waals surface area contributed by atoms with Crippen LogP contribution < -0.4 is 5.73 Å². The van der Waals surface area contributed by atoms with Gasteiger partial charge < -0.3 is 10.8 Å². The zero-order chi connectivity index (χ0) is 17.6. The summed E-state index contributed by atoms with van der Waals surface area (Å²) in [6.45, 7) is 0.